The number of hydrogen-bond acceptors (Lipinski definition) is 7. The highest BCUT2D eigenvalue weighted by molar-refractivity contribution is 6.32. The molecule has 0 aromatic carbocycles. The molecular formula is C25H25ClF3N7O3. The number of carbonyl (C=O) groups is 2. The number of nitrogens with one attached hydrogen (secondary N) is 2. The molecule has 5 rings (SSSR count). The SMILES string of the molecule is CC1=CC2=C(NC(=O)c3ccnn3OCC(F)(F)F)CN(c3ncccc3Cl)N2C(C(=O)NC(C)C2CC2)=C1. The Labute approximate surface area is 226 Å². The van der Waals surface area contributed by atoms with Crippen LogP contribution in [-0.4, -0.2) is 57.1 Å². The Bertz CT molecular complexity index is 1400. The maximum absolute atomic E-state index is 13.4. The van der Waals surface area contributed by atoms with E-state index in [9.17, 15) is 22.8 Å². The lowest BCUT2D eigenvalue weighted by molar-refractivity contribution is -0.178. The normalized spacial score (nSPS) is 17.9. The minimum absolute atomic E-state index is 0.0114. The van der Waals surface area contributed by atoms with Gasteiger partial charge in [-0.15, -0.1) is 5.10 Å². The van der Waals surface area contributed by atoms with Crippen molar-refractivity contribution in [1.29, 1.82) is 0 Å². The van der Waals surface area contributed by atoms with E-state index in [2.05, 4.69) is 25.6 Å². The molecular weight excluding hydrogens is 539 g/mol. The Balaban J connectivity index is 1.47. The summed E-state index contributed by atoms with van der Waals surface area (Å²) >= 11 is 6.46. The molecule has 2 N–H and O–H groups in total. The zero-order valence-corrected chi connectivity index (χ0v) is 21.8. The van der Waals surface area contributed by atoms with E-state index in [-0.39, 0.29) is 24.2 Å². The van der Waals surface area contributed by atoms with E-state index in [4.69, 9.17) is 11.6 Å². The van der Waals surface area contributed by atoms with Crippen molar-refractivity contribution in [2.24, 2.45) is 5.92 Å². The van der Waals surface area contributed by atoms with E-state index in [1.807, 2.05) is 13.8 Å². The van der Waals surface area contributed by atoms with E-state index in [1.54, 1.807) is 40.5 Å². The van der Waals surface area contributed by atoms with Gasteiger partial charge in [0.05, 0.1) is 29.2 Å². The Morgan fingerprint density at radius 2 is 1.97 bits per heavy atom. The number of rotatable bonds is 8. The van der Waals surface area contributed by atoms with Gasteiger partial charge in [0.15, 0.2) is 11.5 Å². The maximum atomic E-state index is 13.4. The van der Waals surface area contributed by atoms with Crippen LogP contribution < -0.4 is 20.5 Å². The van der Waals surface area contributed by atoms with Crippen LogP contribution in [0, 0.1) is 5.92 Å². The summed E-state index contributed by atoms with van der Waals surface area (Å²) in [6, 6.07) is 4.54. The average Bonchev–Trinajstić information content (AvgIpc) is 3.52. The van der Waals surface area contributed by atoms with Crippen molar-refractivity contribution < 1.29 is 27.6 Å². The van der Waals surface area contributed by atoms with E-state index < -0.39 is 18.7 Å². The van der Waals surface area contributed by atoms with Crippen molar-refractivity contribution in [3.63, 3.8) is 0 Å². The number of fused-ring (bicyclic) bond motifs is 1. The molecule has 39 heavy (non-hydrogen) atoms. The first-order valence-electron chi connectivity index (χ1n) is 12.2. The summed E-state index contributed by atoms with van der Waals surface area (Å²) in [6.45, 7) is 2.22. The van der Waals surface area contributed by atoms with E-state index in [0.29, 0.717) is 38.7 Å². The Morgan fingerprint density at radius 1 is 1.21 bits per heavy atom. The molecule has 1 aliphatic carbocycles. The molecule has 4 heterocycles. The van der Waals surface area contributed by atoms with Crippen LogP contribution in [0.2, 0.25) is 5.02 Å². The van der Waals surface area contributed by atoms with Crippen LogP contribution in [0.25, 0.3) is 0 Å². The third kappa shape index (κ3) is 5.72. The first kappa shape index (κ1) is 26.6. The molecule has 14 heteroatoms. The molecule has 1 saturated carbocycles. The van der Waals surface area contributed by atoms with Crippen LogP contribution in [0.15, 0.2) is 65.4 Å². The average molecular weight is 564 g/mol. The summed E-state index contributed by atoms with van der Waals surface area (Å²) in [4.78, 5) is 36.2. The van der Waals surface area contributed by atoms with Gasteiger partial charge in [-0.25, -0.2) is 9.99 Å². The maximum Gasteiger partial charge on any atom is 0.425 e. The van der Waals surface area contributed by atoms with Gasteiger partial charge in [-0.2, -0.15) is 13.2 Å². The second-order valence-electron chi connectivity index (χ2n) is 9.49. The van der Waals surface area contributed by atoms with Crippen LogP contribution in [0.1, 0.15) is 37.2 Å². The first-order valence-corrected chi connectivity index (χ1v) is 12.6. The molecule has 0 spiro atoms. The smallest absolute Gasteiger partial charge is 0.386 e. The van der Waals surface area contributed by atoms with Gasteiger partial charge in [-0.05, 0) is 68.5 Å². The van der Waals surface area contributed by atoms with Crippen LogP contribution in [0.4, 0.5) is 19.0 Å². The molecule has 206 valence electrons. The number of hydrazine groups is 1. The van der Waals surface area contributed by atoms with E-state index >= 15 is 0 Å². The zero-order chi connectivity index (χ0) is 27.9. The van der Waals surface area contributed by atoms with Gasteiger partial charge in [-0.3, -0.25) is 14.6 Å². The minimum Gasteiger partial charge on any atom is -0.386 e. The third-order valence-corrected chi connectivity index (χ3v) is 6.70. The van der Waals surface area contributed by atoms with E-state index in [0.717, 1.165) is 24.6 Å². The van der Waals surface area contributed by atoms with Gasteiger partial charge < -0.3 is 15.5 Å². The highest BCUT2D eigenvalue weighted by Gasteiger charge is 2.40. The second kappa shape index (κ2) is 10.3. The van der Waals surface area contributed by atoms with E-state index in [1.165, 1.54) is 6.07 Å². The summed E-state index contributed by atoms with van der Waals surface area (Å²) in [5.41, 5.74) is 1.68. The molecule has 1 unspecified atom stereocenters. The fourth-order valence-electron chi connectivity index (χ4n) is 4.39. The van der Waals surface area contributed by atoms with Gasteiger partial charge >= 0.3 is 6.18 Å². The zero-order valence-electron chi connectivity index (χ0n) is 21.0. The minimum atomic E-state index is -4.61. The summed E-state index contributed by atoms with van der Waals surface area (Å²) in [5, 5.41) is 13.1. The highest BCUT2D eigenvalue weighted by atomic mass is 35.5. The number of aromatic nitrogens is 3. The number of amides is 2. The second-order valence-corrected chi connectivity index (χ2v) is 9.90. The monoisotopic (exact) mass is 563 g/mol. The fourth-order valence-corrected chi connectivity index (χ4v) is 4.61. The topological polar surface area (TPSA) is 105 Å². The van der Waals surface area contributed by atoms with Gasteiger partial charge in [0, 0.05) is 12.2 Å². The van der Waals surface area contributed by atoms with Crippen LogP contribution in [0.3, 0.4) is 0 Å². The molecule has 2 amide bonds. The molecule has 1 fully saturated rings. The van der Waals surface area contributed by atoms with Crippen molar-refractivity contribution >= 4 is 29.2 Å². The van der Waals surface area contributed by atoms with Crippen LogP contribution >= 0.6 is 11.6 Å². The molecule has 0 radical (unpaired) electrons. The molecule has 1 atom stereocenters. The van der Waals surface area contributed by atoms with Crippen molar-refractivity contribution in [1.82, 2.24) is 30.6 Å². The van der Waals surface area contributed by atoms with Crippen molar-refractivity contribution in [3.05, 3.63) is 76.1 Å². The highest BCUT2D eigenvalue weighted by Crippen LogP contribution is 2.38. The largest absolute Gasteiger partial charge is 0.425 e. The quantitative estimate of drug-likeness (QED) is 0.507. The fraction of sp³-hybridized carbons (Fsp3) is 0.360. The van der Waals surface area contributed by atoms with Gasteiger partial charge in [0.25, 0.3) is 11.8 Å². The summed E-state index contributed by atoms with van der Waals surface area (Å²) in [5.74, 6) is -0.270. The van der Waals surface area contributed by atoms with Gasteiger partial charge in [-0.1, -0.05) is 16.4 Å². The summed E-state index contributed by atoms with van der Waals surface area (Å²) in [6.07, 6.45) is 3.73. The number of carbonyl (C=O) groups excluding carboxylic acids is 2. The molecule has 2 aromatic heterocycles. The van der Waals surface area contributed by atoms with Crippen LogP contribution in [0.5, 0.6) is 0 Å². The van der Waals surface area contributed by atoms with Gasteiger partial charge in [0.2, 0.25) is 6.61 Å². The van der Waals surface area contributed by atoms with Crippen molar-refractivity contribution in [2.75, 3.05) is 18.2 Å². The molecule has 2 aromatic rings. The number of allylic oxidation sites excluding steroid dienone is 3. The molecule has 3 aliphatic rings. The standard InChI is InChI=1S/C25H25ClF3N7O3/c1-14-10-20-18(33-23(37)19-7-9-31-36(19)39-13-25(27,28)29)12-34(22-17(26)4-3-8-30-22)35(20)21(11-14)24(38)32-15(2)16-5-6-16/h3-4,7-11,15-16H,5-6,12-13H2,1-2H3,(H,32,38)(H,33,37). The number of anilines is 1. The first-order chi connectivity index (χ1) is 18.5. The predicted octanol–water partition coefficient (Wildman–Crippen LogP) is 3.36. The van der Waals surface area contributed by atoms with Gasteiger partial charge in [0.1, 0.15) is 5.70 Å². The number of hydrogen-bond donors (Lipinski definition) is 2. The van der Waals surface area contributed by atoms with Crippen molar-refractivity contribution in [3.8, 4) is 0 Å². The molecule has 0 bridgehead atoms. The number of alkyl halides is 3. The molecule has 2 aliphatic heterocycles. The lowest BCUT2D eigenvalue weighted by Crippen LogP contribution is -2.45. The number of nitrogens with zero attached hydrogens (tertiary/aromatic N) is 5. The lowest BCUT2D eigenvalue weighted by atomic mass is 10.1. The Morgan fingerprint density at radius 3 is 2.67 bits per heavy atom. The molecule has 0 saturated heterocycles. The predicted molar refractivity (Wildman–Crippen MR) is 135 cm³/mol. The van der Waals surface area contributed by atoms with Crippen molar-refractivity contribution in [2.45, 2.75) is 38.9 Å². The Kier molecular flexibility index (Phi) is 7.02. The Hall–Kier alpha value is -4.00. The lowest BCUT2D eigenvalue weighted by Gasteiger charge is -2.35. The van der Waals surface area contributed by atoms with Crippen LogP contribution in [-0.2, 0) is 4.79 Å². The molecule has 10 nitrogen and oxygen atoms in total. The summed E-state index contributed by atoms with van der Waals surface area (Å²) < 4.78 is 37.9. The summed E-state index contributed by atoms with van der Waals surface area (Å²) in [7, 11) is 0. The number of pyridine rings is 1. The third-order valence-electron chi connectivity index (χ3n) is 6.41. The number of halogens is 4.